The molecule has 0 aromatic heterocycles. The van der Waals surface area contributed by atoms with Gasteiger partial charge < -0.3 is 10.2 Å². The molecule has 0 aromatic rings. The molecule has 0 aromatic carbocycles. The van der Waals surface area contributed by atoms with Crippen LogP contribution >= 0.6 is 0 Å². The Morgan fingerprint density at radius 2 is 1.67 bits per heavy atom. The van der Waals surface area contributed by atoms with Crippen molar-refractivity contribution in [2.45, 2.75) is 66.8 Å². The highest BCUT2D eigenvalue weighted by Gasteiger charge is 2.25. The summed E-state index contributed by atoms with van der Waals surface area (Å²) in [7, 11) is 2.26. The van der Waals surface area contributed by atoms with Crippen molar-refractivity contribution < 1.29 is 0 Å². The van der Waals surface area contributed by atoms with Gasteiger partial charge in [0.05, 0.1) is 0 Å². The largest absolute Gasteiger partial charge is 0.311 e. The minimum Gasteiger partial charge on any atom is -0.311 e. The van der Waals surface area contributed by atoms with Crippen LogP contribution in [-0.4, -0.2) is 37.1 Å². The van der Waals surface area contributed by atoms with Crippen LogP contribution in [0.5, 0.6) is 0 Å². The van der Waals surface area contributed by atoms with Crippen LogP contribution in [-0.2, 0) is 0 Å². The lowest BCUT2D eigenvalue weighted by Gasteiger charge is -2.36. The van der Waals surface area contributed by atoms with Gasteiger partial charge in [-0.15, -0.1) is 0 Å². The van der Waals surface area contributed by atoms with Crippen LogP contribution in [0.15, 0.2) is 0 Å². The standard InChI is InChI=1S/C16H36N2/c1-9-16(7,12-17-15(4,5)6)13-18(8)11-10-14(2)3/h14,17H,9-13H2,1-8H3. The van der Waals surface area contributed by atoms with Crippen molar-refractivity contribution in [1.82, 2.24) is 10.2 Å². The summed E-state index contributed by atoms with van der Waals surface area (Å²) in [5.74, 6) is 0.799. The Labute approximate surface area is 116 Å². The minimum atomic E-state index is 0.215. The van der Waals surface area contributed by atoms with E-state index in [0.29, 0.717) is 5.41 Å². The zero-order valence-electron chi connectivity index (χ0n) is 14.1. The first-order valence-electron chi connectivity index (χ1n) is 7.51. The van der Waals surface area contributed by atoms with Crippen molar-refractivity contribution in [2.75, 3.05) is 26.7 Å². The molecule has 0 rings (SSSR count). The van der Waals surface area contributed by atoms with Gasteiger partial charge in [0, 0.05) is 18.6 Å². The maximum atomic E-state index is 3.66. The first-order valence-corrected chi connectivity index (χ1v) is 7.51. The monoisotopic (exact) mass is 256 g/mol. The van der Waals surface area contributed by atoms with E-state index in [2.05, 4.69) is 65.7 Å². The molecule has 0 aliphatic carbocycles. The number of hydrogen-bond acceptors (Lipinski definition) is 2. The second kappa shape index (κ2) is 7.49. The van der Waals surface area contributed by atoms with Crippen LogP contribution in [0, 0.1) is 11.3 Å². The summed E-state index contributed by atoms with van der Waals surface area (Å²) in [6.45, 7) is 19.5. The smallest absolute Gasteiger partial charge is 0.00967 e. The summed E-state index contributed by atoms with van der Waals surface area (Å²) < 4.78 is 0. The molecule has 0 heterocycles. The molecule has 0 saturated carbocycles. The minimum absolute atomic E-state index is 0.215. The van der Waals surface area contributed by atoms with Crippen LogP contribution in [0.1, 0.15) is 61.3 Å². The molecule has 0 bridgehead atoms. The number of nitrogens with zero attached hydrogens (tertiary/aromatic N) is 1. The van der Waals surface area contributed by atoms with Crippen molar-refractivity contribution in [3.63, 3.8) is 0 Å². The lowest BCUT2D eigenvalue weighted by Crippen LogP contribution is -2.46. The van der Waals surface area contributed by atoms with E-state index in [1.165, 1.54) is 25.9 Å². The van der Waals surface area contributed by atoms with Gasteiger partial charge in [0.15, 0.2) is 0 Å². The molecule has 2 nitrogen and oxygen atoms in total. The molecule has 0 aliphatic rings. The third-order valence-electron chi connectivity index (χ3n) is 3.64. The fourth-order valence-electron chi connectivity index (χ4n) is 1.98. The molecule has 2 heteroatoms. The van der Waals surface area contributed by atoms with Gasteiger partial charge in [-0.25, -0.2) is 0 Å². The topological polar surface area (TPSA) is 15.3 Å². The Kier molecular flexibility index (Phi) is 7.46. The average Bonchev–Trinajstić information content (AvgIpc) is 2.23. The Balaban J connectivity index is 4.20. The van der Waals surface area contributed by atoms with Crippen molar-refractivity contribution in [3.05, 3.63) is 0 Å². The van der Waals surface area contributed by atoms with Crippen molar-refractivity contribution in [2.24, 2.45) is 11.3 Å². The predicted molar refractivity (Wildman–Crippen MR) is 83.1 cm³/mol. The molecular weight excluding hydrogens is 220 g/mol. The SMILES string of the molecule is CCC(C)(CNC(C)(C)C)CN(C)CCC(C)C. The van der Waals surface area contributed by atoms with E-state index in [4.69, 9.17) is 0 Å². The second-order valence-electron chi connectivity index (χ2n) is 7.69. The van der Waals surface area contributed by atoms with E-state index in [1.807, 2.05) is 0 Å². The van der Waals surface area contributed by atoms with E-state index < -0.39 is 0 Å². The van der Waals surface area contributed by atoms with E-state index in [1.54, 1.807) is 0 Å². The molecule has 0 radical (unpaired) electrons. The summed E-state index contributed by atoms with van der Waals surface area (Å²) in [6.07, 6.45) is 2.52. The van der Waals surface area contributed by atoms with Crippen molar-refractivity contribution in [3.8, 4) is 0 Å². The zero-order chi connectivity index (χ0) is 14.4. The summed E-state index contributed by atoms with van der Waals surface area (Å²) in [4.78, 5) is 2.49. The van der Waals surface area contributed by atoms with Gasteiger partial charge in [-0.05, 0) is 58.5 Å². The maximum Gasteiger partial charge on any atom is 0.00967 e. The lowest BCUT2D eigenvalue weighted by atomic mass is 9.86. The van der Waals surface area contributed by atoms with Gasteiger partial charge in [-0.2, -0.15) is 0 Å². The van der Waals surface area contributed by atoms with E-state index in [0.717, 1.165) is 12.5 Å². The Morgan fingerprint density at radius 3 is 2.06 bits per heavy atom. The van der Waals surface area contributed by atoms with Gasteiger partial charge >= 0.3 is 0 Å². The van der Waals surface area contributed by atoms with Gasteiger partial charge in [-0.3, -0.25) is 0 Å². The first-order chi connectivity index (χ1) is 8.08. The van der Waals surface area contributed by atoms with E-state index in [-0.39, 0.29) is 5.54 Å². The molecule has 1 unspecified atom stereocenters. The first kappa shape index (κ1) is 17.9. The van der Waals surface area contributed by atoms with Crippen LogP contribution in [0.2, 0.25) is 0 Å². The van der Waals surface area contributed by atoms with Crippen LogP contribution in [0.4, 0.5) is 0 Å². The van der Waals surface area contributed by atoms with E-state index >= 15 is 0 Å². The highest BCUT2D eigenvalue weighted by atomic mass is 15.1. The molecule has 0 saturated heterocycles. The number of hydrogen-bond donors (Lipinski definition) is 1. The molecule has 0 aliphatic heterocycles. The quantitative estimate of drug-likeness (QED) is 0.711. The average molecular weight is 256 g/mol. The summed E-state index contributed by atoms with van der Waals surface area (Å²) >= 11 is 0. The third kappa shape index (κ3) is 8.93. The van der Waals surface area contributed by atoms with E-state index in [9.17, 15) is 0 Å². The third-order valence-corrected chi connectivity index (χ3v) is 3.64. The lowest BCUT2D eigenvalue weighted by molar-refractivity contribution is 0.164. The Morgan fingerprint density at radius 1 is 1.11 bits per heavy atom. The van der Waals surface area contributed by atoms with Crippen LogP contribution < -0.4 is 5.32 Å². The molecule has 110 valence electrons. The molecule has 0 amide bonds. The number of rotatable bonds is 8. The van der Waals surface area contributed by atoms with Crippen molar-refractivity contribution >= 4 is 0 Å². The highest BCUT2D eigenvalue weighted by molar-refractivity contribution is 4.82. The van der Waals surface area contributed by atoms with Crippen molar-refractivity contribution in [1.29, 1.82) is 0 Å². The molecule has 0 fully saturated rings. The maximum absolute atomic E-state index is 3.66. The summed E-state index contributed by atoms with van der Waals surface area (Å²) in [5.41, 5.74) is 0.589. The predicted octanol–water partition coefficient (Wildman–Crippen LogP) is 3.77. The summed E-state index contributed by atoms with van der Waals surface area (Å²) in [5, 5.41) is 3.66. The molecular formula is C16H36N2. The Hall–Kier alpha value is -0.0800. The normalized spacial score (nSPS) is 16.3. The van der Waals surface area contributed by atoms with Gasteiger partial charge in [0.2, 0.25) is 0 Å². The Bertz CT molecular complexity index is 218. The van der Waals surface area contributed by atoms with Gasteiger partial charge in [0.25, 0.3) is 0 Å². The highest BCUT2D eigenvalue weighted by Crippen LogP contribution is 2.22. The summed E-state index contributed by atoms with van der Waals surface area (Å²) in [6, 6.07) is 0. The fraction of sp³-hybridized carbons (Fsp3) is 1.00. The fourth-order valence-corrected chi connectivity index (χ4v) is 1.98. The van der Waals surface area contributed by atoms with Crippen LogP contribution in [0.3, 0.4) is 0 Å². The molecule has 18 heavy (non-hydrogen) atoms. The number of nitrogens with one attached hydrogen (secondary N) is 1. The van der Waals surface area contributed by atoms with Gasteiger partial charge in [-0.1, -0.05) is 27.7 Å². The second-order valence-corrected chi connectivity index (χ2v) is 7.69. The molecule has 1 N–H and O–H groups in total. The molecule has 1 atom stereocenters. The van der Waals surface area contributed by atoms with Crippen LogP contribution in [0.25, 0.3) is 0 Å². The van der Waals surface area contributed by atoms with Gasteiger partial charge in [0.1, 0.15) is 0 Å². The zero-order valence-corrected chi connectivity index (χ0v) is 14.1. The molecule has 0 spiro atoms.